The Morgan fingerprint density at radius 1 is 1.44 bits per heavy atom. The Balaban J connectivity index is 1.78. The van der Waals surface area contributed by atoms with Gasteiger partial charge in [-0.25, -0.2) is 9.78 Å². The van der Waals surface area contributed by atoms with E-state index < -0.39 is 5.60 Å². The van der Waals surface area contributed by atoms with E-state index in [-0.39, 0.29) is 12.1 Å². The molecule has 1 amide bonds. The maximum absolute atomic E-state index is 11.9. The molecule has 0 radical (unpaired) electrons. The van der Waals surface area contributed by atoms with Gasteiger partial charge in [-0.3, -0.25) is 4.99 Å². The molecular weight excluding hydrogens is 362 g/mol. The Bertz CT molecular complexity index is 666. The number of alkyl carbamates (subject to hydrolysis) is 1. The van der Waals surface area contributed by atoms with Crippen molar-refractivity contribution >= 4 is 23.4 Å². The van der Waals surface area contributed by atoms with Gasteiger partial charge in [0.2, 0.25) is 0 Å². The predicted molar refractivity (Wildman–Crippen MR) is 111 cm³/mol. The van der Waals surface area contributed by atoms with Gasteiger partial charge in [-0.2, -0.15) is 0 Å². The van der Waals surface area contributed by atoms with E-state index in [0.29, 0.717) is 0 Å². The van der Waals surface area contributed by atoms with Crippen LogP contribution in [0.1, 0.15) is 49.7 Å². The average Bonchev–Trinajstić information content (AvgIpc) is 3.16. The summed E-state index contributed by atoms with van der Waals surface area (Å²) in [4.78, 5) is 24.5. The van der Waals surface area contributed by atoms with Gasteiger partial charge in [-0.05, 0) is 40.5 Å². The minimum atomic E-state index is -0.480. The fourth-order valence-electron chi connectivity index (χ4n) is 3.08. The first-order valence-electron chi connectivity index (χ1n) is 9.62. The van der Waals surface area contributed by atoms with Crippen LogP contribution in [0.25, 0.3) is 0 Å². The van der Waals surface area contributed by atoms with Crippen molar-refractivity contribution in [2.24, 2.45) is 4.99 Å². The number of nitrogens with zero attached hydrogens (tertiary/aromatic N) is 3. The topological polar surface area (TPSA) is 78.9 Å². The van der Waals surface area contributed by atoms with Crippen LogP contribution in [0.3, 0.4) is 0 Å². The van der Waals surface area contributed by atoms with Crippen molar-refractivity contribution in [2.45, 2.75) is 65.5 Å². The monoisotopic (exact) mass is 395 g/mol. The van der Waals surface area contributed by atoms with Crippen LogP contribution in [0.5, 0.6) is 0 Å². The number of aryl methyl sites for hydroxylation is 2. The highest BCUT2D eigenvalue weighted by molar-refractivity contribution is 7.11. The van der Waals surface area contributed by atoms with Gasteiger partial charge < -0.3 is 20.3 Å². The Labute approximate surface area is 166 Å². The third-order valence-corrected chi connectivity index (χ3v) is 5.39. The first-order chi connectivity index (χ1) is 12.7. The molecule has 0 spiro atoms. The van der Waals surface area contributed by atoms with Crippen LogP contribution >= 0.6 is 11.3 Å². The minimum absolute atomic E-state index is 0.0760. The van der Waals surface area contributed by atoms with Crippen LogP contribution in [0, 0.1) is 6.92 Å². The normalized spacial score (nSPS) is 17.9. The molecule has 27 heavy (non-hydrogen) atoms. The third kappa shape index (κ3) is 6.68. The number of hydrogen-bond donors (Lipinski definition) is 2. The molecule has 0 aliphatic carbocycles. The van der Waals surface area contributed by atoms with Gasteiger partial charge in [0, 0.05) is 38.0 Å². The number of likely N-dealkylation sites (tertiary alicyclic amines) is 1. The smallest absolute Gasteiger partial charge is 0.407 e. The summed E-state index contributed by atoms with van der Waals surface area (Å²) in [5.41, 5.74) is 0.723. The Hall–Kier alpha value is -1.83. The summed E-state index contributed by atoms with van der Waals surface area (Å²) in [5, 5.41) is 7.53. The molecule has 0 saturated carbocycles. The summed E-state index contributed by atoms with van der Waals surface area (Å²) in [6, 6.07) is 0.0760. The van der Waals surface area contributed by atoms with E-state index in [9.17, 15) is 4.79 Å². The number of hydrogen-bond acceptors (Lipinski definition) is 5. The van der Waals surface area contributed by atoms with Crippen molar-refractivity contribution in [1.82, 2.24) is 20.5 Å². The molecule has 7 nitrogen and oxygen atoms in total. The second kappa shape index (κ2) is 9.39. The van der Waals surface area contributed by atoms with E-state index in [1.807, 2.05) is 20.8 Å². The van der Waals surface area contributed by atoms with Crippen LogP contribution in [0.15, 0.2) is 4.99 Å². The zero-order valence-electron chi connectivity index (χ0n) is 17.4. The fourth-order valence-corrected chi connectivity index (χ4v) is 4.10. The first-order valence-corrected chi connectivity index (χ1v) is 10.4. The molecular formula is C19H33N5O2S. The van der Waals surface area contributed by atoms with E-state index in [2.05, 4.69) is 39.4 Å². The summed E-state index contributed by atoms with van der Waals surface area (Å²) < 4.78 is 5.34. The second-order valence-electron chi connectivity index (χ2n) is 7.77. The molecule has 1 saturated heterocycles. The summed E-state index contributed by atoms with van der Waals surface area (Å²) in [5.74, 6) is 0.868. The summed E-state index contributed by atoms with van der Waals surface area (Å²) >= 11 is 1.78. The lowest BCUT2D eigenvalue weighted by atomic mass is 10.2. The van der Waals surface area contributed by atoms with E-state index in [1.165, 1.54) is 10.6 Å². The molecule has 2 heterocycles. The summed E-state index contributed by atoms with van der Waals surface area (Å²) in [6.45, 7) is 12.3. The van der Waals surface area contributed by atoms with E-state index in [4.69, 9.17) is 4.74 Å². The van der Waals surface area contributed by atoms with Crippen molar-refractivity contribution in [1.29, 1.82) is 0 Å². The number of rotatable bonds is 5. The van der Waals surface area contributed by atoms with Gasteiger partial charge in [0.1, 0.15) is 5.60 Å². The van der Waals surface area contributed by atoms with Gasteiger partial charge in [0.15, 0.2) is 5.96 Å². The number of carbonyl (C=O) groups excluding carboxylic acids is 1. The number of nitrogens with one attached hydrogen (secondary N) is 2. The van der Waals surface area contributed by atoms with Crippen molar-refractivity contribution in [3.8, 4) is 0 Å². The molecule has 1 aliphatic rings. The minimum Gasteiger partial charge on any atom is -0.444 e. The first kappa shape index (κ1) is 21.5. The molecule has 152 valence electrons. The maximum Gasteiger partial charge on any atom is 0.407 e. The molecule has 1 atom stereocenters. The highest BCUT2D eigenvalue weighted by Crippen LogP contribution is 2.18. The third-order valence-electron chi connectivity index (χ3n) is 4.31. The zero-order valence-corrected chi connectivity index (χ0v) is 18.2. The van der Waals surface area contributed by atoms with Crippen LogP contribution in [-0.2, 0) is 17.6 Å². The lowest BCUT2D eigenvalue weighted by molar-refractivity contribution is 0.0507. The van der Waals surface area contributed by atoms with Gasteiger partial charge >= 0.3 is 6.09 Å². The van der Waals surface area contributed by atoms with E-state index in [0.717, 1.165) is 49.9 Å². The Morgan fingerprint density at radius 3 is 2.78 bits per heavy atom. The quantitative estimate of drug-likeness (QED) is 0.592. The van der Waals surface area contributed by atoms with Gasteiger partial charge in [-0.1, -0.05) is 6.92 Å². The lowest BCUT2D eigenvalue weighted by Gasteiger charge is -2.23. The van der Waals surface area contributed by atoms with E-state index in [1.54, 1.807) is 18.4 Å². The lowest BCUT2D eigenvalue weighted by Crippen LogP contribution is -2.44. The molecule has 2 N–H and O–H groups in total. The molecule has 1 fully saturated rings. The van der Waals surface area contributed by atoms with Crippen LogP contribution in [0.4, 0.5) is 4.79 Å². The van der Waals surface area contributed by atoms with Crippen molar-refractivity contribution in [3.63, 3.8) is 0 Å². The highest BCUT2D eigenvalue weighted by atomic mass is 32.1. The Morgan fingerprint density at radius 2 is 2.19 bits per heavy atom. The largest absolute Gasteiger partial charge is 0.444 e. The van der Waals surface area contributed by atoms with Crippen LogP contribution < -0.4 is 10.6 Å². The second-order valence-corrected chi connectivity index (χ2v) is 9.05. The Kier molecular flexibility index (Phi) is 7.47. The summed E-state index contributed by atoms with van der Waals surface area (Å²) in [7, 11) is 1.79. The van der Waals surface area contributed by atoms with Crippen molar-refractivity contribution < 1.29 is 9.53 Å². The average molecular weight is 396 g/mol. The van der Waals surface area contributed by atoms with Crippen LogP contribution in [-0.4, -0.2) is 60.3 Å². The van der Waals surface area contributed by atoms with Crippen molar-refractivity contribution in [2.75, 3.05) is 26.7 Å². The fraction of sp³-hybridized carbons (Fsp3) is 0.737. The number of carbonyl (C=O) groups is 1. The number of guanidine groups is 1. The molecule has 8 heteroatoms. The number of aromatic nitrogens is 1. The highest BCUT2D eigenvalue weighted by Gasteiger charge is 2.27. The molecule has 0 aromatic carbocycles. The van der Waals surface area contributed by atoms with Crippen LogP contribution in [0.2, 0.25) is 0 Å². The summed E-state index contributed by atoms with van der Waals surface area (Å²) in [6.07, 6.45) is 2.39. The SMILES string of the molecule is CCc1nc(CCNC(=NC)N2CCC(NC(=O)OC(C)(C)C)C2)sc1C. The van der Waals surface area contributed by atoms with Gasteiger partial charge in [-0.15, -0.1) is 11.3 Å². The molecule has 1 aliphatic heterocycles. The molecule has 1 unspecified atom stereocenters. The number of ether oxygens (including phenoxy) is 1. The molecule has 2 rings (SSSR count). The van der Waals surface area contributed by atoms with Crippen molar-refractivity contribution in [3.05, 3.63) is 15.6 Å². The standard InChI is InChI=1S/C19H33N5O2S/c1-7-15-13(2)27-16(23-15)8-10-21-17(20-6)24-11-9-14(12-24)22-18(25)26-19(3,4)5/h14H,7-12H2,1-6H3,(H,20,21)(H,22,25). The molecule has 0 bridgehead atoms. The van der Waals surface area contributed by atoms with Gasteiger partial charge in [0.05, 0.1) is 16.7 Å². The predicted octanol–water partition coefficient (Wildman–Crippen LogP) is 2.73. The van der Waals surface area contributed by atoms with Gasteiger partial charge in [0.25, 0.3) is 0 Å². The number of amides is 1. The maximum atomic E-state index is 11.9. The number of aliphatic imine (C=N–C) groups is 1. The molecule has 1 aromatic rings. The number of thiazole rings is 1. The zero-order chi connectivity index (χ0) is 20.0. The van der Waals surface area contributed by atoms with E-state index >= 15 is 0 Å². The molecule has 1 aromatic heterocycles.